The standard InChI is InChI=1S/C22H21BrO3/c1-2-15(13-6-4-3-5-7-13)17-8-14(9-20(23)22(17)25)21(24)10-16-18-11-26-12-19(16)18/h2-9,15-16,18-19,25H,1,10-12H2/t15?,16?,18-,19+. The molecule has 1 heterocycles. The monoisotopic (exact) mass is 412 g/mol. The van der Waals surface area contributed by atoms with Gasteiger partial charge >= 0.3 is 0 Å². The van der Waals surface area contributed by atoms with Crippen LogP contribution in [0.2, 0.25) is 0 Å². The van der Waals surface area contributed by atoms with Crippen LogP contribution in [-0.4, -0.2) is 24.1 Å². The normalized spacial score (nSPS) is 24.7. The molecule has 134 valence electrons. The van der Waals surface area contributed by atoms with Crippen molar-refractivity contribution < 1.29 is 14.6 Å². The maximum Gasteiger partial charge on any atom is 0.163 e. The van der Waals surface area contributed by atoms with E-state index in [1.165, 1.54) is 0 Å². The molecule has 1 aliphatic carbocycles. The molecule has 4 rings (SSSR count). The SMILES string of the molecule is C=CC(c1ccccc1)c1cc(C(=O)CC2[C@H]3COC[C@@H]23)cc(Br)c1O. The summed E-state index contributed by atoms with van der Waals surface area (Å²) >= 11 is 3.41. The number of phenolic OH excluding ortho intramolecular Hbond substituents is 1. The second-order valence-corrected chi connectivity index (χ2v) is 8.03. The van der Waals surface area contributed by atoms with Gasteiger partial charge in [0.25, 0.3) is 0 Å². The summed E-state index contributed by atoms with van der Waals surface area (Å²) in [6, 6.07) is 13.4. The van der Waals surface area contributed by atoms with Crippen molar-refractivity contribution in [2.45, 2.75) is 12.3 Å². The van der Waals surface area contributed by atoms with Crippen LogP contribution in [0.25, 0.3) is 0 Å². The second kappa shape index (κ2) is 7.01. The number of fused-ring (bicyclic) bond motifs is 1. The van der Waals surface area contributed by atoms with Crippen molar-refractivity contribution in [2.75, 3.05) is 13.2 Å². The summed E-state index contributed by atoms with van der Waals surface area (Å²) in [4.78, 5) is 12.8. The lowest BCUT2D eigenvalue weighted by molar-refractivity contribution is 0.0950. The van der Waals surface area contributed by atoms with Gasteiger partial charge in [-0.3, -0.25) is 4.79 Å². The summed E-state index contributed by atoms with van der Waals surface area (Å²) in [5.74, 6) is 1.69. The van der Waals surface area contributed by atoms with Gasteiger partial charge in [-0.25, -0.2) is 0 Å². The molecule has 2 aromatic rings. The molecule has 3 nitrogen and oxygen atoms in total. The molecule has 26 heavy (non-hydrogen) atoms. The molecule has 0 bridgehead atoms. The highest BCUT2D eigenvalue weighted by Gasteiger charge is 2.54. The molecule has 0 amide bonds. The lowest BCUT2D eigenvalue weighted by atomic mass is 9.88. The molecule has 0 spiro atoms. The first-order valence-corrected chi connectivity index (χ1v) is 9.70. The molecule has 4 atom stereocenters. The molecular formula is C22H21BrO3. The number of hydrogen-bond donors (Lipinski definition) is 1. The summed E-state index contributed by atoms with van der Waals surface area (Å²) in [6.45, 7) is 5.51. The predicted octanol–water partition coefficient (Wildman–Crippen LogP) is 4.94. The number of carbonyl (C=O) groups is 1. The van der Waals surface area contributed by atoms with E-state index in [0.717, 1.165) is 18.8 Å². The molecule has 2 aliphatic rings. The van der Waals surface area contributed by atoms with Crippen molar-refractivity contribution in [3.63, 3.8) is 0 Å². The zero-order valence-corrected chi connectivity index (χ0v) is 16.0. The minimum Gasteiger partial charge on any atom is -0.506 e. The number of aromatic hydroxyl groups is 1. The second-order valence-electron chi connectivity index (χ2n) is 7.18. The summed E-state index contributed by atoms with van der Waals surface area (Å²) < 4.78 is 5.95. The van der Waals surface area contributed by atoms with Gasteiger partial charge in [0.05, 0.1) is 17.7 Å². The molecule has 4 heteroatoms. The van der Waals surface area contributed by atoms with Crippen molar-refractivity contribution in [2.24, 2.45) is 17.8 Å². The van der Waals surface area contributed by atoms with Crippen molar-refractivity contribution in [1.82, 2.24) is 0 Å². The molecule has 2 unspecified atom stereocenters. The van der Waals surface area contributed by atoms with Crippen molar-refractivity contribution in [3.8, 4) is 5.75 Å². The fourth-order valence-electron chi connectivity index (χ4n) is 4.12. The number of benzene rings is 2. The van der Waals surface area contributed by atoms with E-state index in [1.807, 2.05) is 36.4 Å². The van der Waals surface area contributed by atoms with E-state index in [2.05, 4.69) is 22.5 Å². The molecular weight excluding hydrogens is 392 g/mol. The summed E-state index contributed by atoms with van der Waals surface area (Å²) in [5.41, 5.74) is 2.37. The number of ketones is 1. The zero-order chi connectivity index (χ0) is 18.3. The zero-order valence-electron chi connectivity index (χ0n) is 14.4. The molecule has 1 saturated carbocycles. The summed E-state index contributed by atoms with van der Waals surface area (Å²) in [5, 5.41) is 10.6. The Bertz CT molecular complexity index is 836. The van der Waals surface area contributed by atoms with Gasteiger partial charge in [0.1, 0.15) is 5.75 Å². The van der Waals surface area contributed by atoms with Gasteiger partial charge in [0.15, 0.2) is 5.78 Å². The predicted molar refractivity (Wildman–Crippen MR) is 105 cm³/mol. The van der Waals surface area contributed by atoms with Crippen molar-refractivity contribution in [3.05, 3.63) is 76.3 Å². The van der Waals surface area contributed by atoms with E-state index in [9.17, 15) is 9.90 Å². The number of Topliss-reactive ketones (excluding diaryl/α,β-unsaturated/α-hetero) is 1. The van der Waals surface area contributed by atoms with E-state index in [4.69, 9.17) is 4.74 Å². The van der Waals surface area contributed by atoms with Crippen molar-refractivity contribution >= 4 is 21.7 Å². The third-order valence-electron chi connectivity index (χ3n) is 5.69. The van der Waals surface area contributed by atoms with Crippen molar-refractivity contribution in [1.29, 1.82) is 0 Å². The van der Waals surface area contributed by atoms with Gasteiger partial charge in [-0.2, -0.15) is 0 Å². The first-order chi connectivity index (χ1) is 12.6. The Morgan fingerprint density at radius 2 is 1.96 bits per heavy atom. The maximum absolute atomic E-state index is 12.8. The molecule has 0 radical (unpaired) electrons. The first-order valence-electron chi connectivity index (χ1n) is 8.91. The van der Waals surface area contributed by atoms with Crippen LogP contribution in [0.5, 0.6) is 5.75 Å². The minimum absolute atomic E-state index is 0.127. The number of ether oxygens (including phenoxy) is 1. The smallest absolute Gasteiger partial charge is 0.163 e. The van der Waals surface area contributed by atoms with Gasteiger partial charge in [-0.15, -0.1) is 6.58 Å². The lowest BCUT2D eigenvalue weighted by Gasteiger charge is -2.17. The lowest BCUT2D eigenvalue weighted by Crippen LogP contribution is -2.07. The van der Waals surface area contributed by atoms with E-state index in [1.54, 1.807) is 12.1 Å². The molecule has 2 aromatic carbocycles. The van der Waals surface area contributed by atoms with E-state index < -0.39 is 0 Å². The fraction of sp³-hybridized carbons (Fsp3) is 0.318. The van der Waals surface area contributed by atoms with Crippen LogP contribution in [0.15, 0.2) is 59.6 Å². The summed E-state index contributed by atoms with van der Waals surface area (Å²) in [7, 11) is 0. The third-order valence-corrected chi connectivity index (χ3v) is 6.30. The number of carbonyl (C=O) groups excluding carboxylic acids is 1. The highest BCUT2D eigenvalue weighted by Crippen LogP contribution is 2.53. The Balaban J connectivity index is 1.63. The topological polar surface area (TPSA) is 46.5 Å². The quantitative estimate of drug-likeness (QED) is 0.539. The van der Waals surface area contributed by atoms with Gasteiger partial charge in [0.2, 0.25) is 0 Å². The number of rotatable bonds is 6. The van der Waals surface area contributed by atoms with Crippen LogP contribution in [0.1, 0.15) is 33.8 Å². The number of halogens is 1. The van der Waals surface area contributed by atoms with Crippen LogP contribution in [0, 0.1) is 17.8 Å². The van der Waals surface area contributed by atoms with E-state index >= 15 is 0 Å². The fourth-order valence-corrected chi connectivity index (χ4v) is 4.59. The molecule has 1 saturated heterocycles. The Labute approximate surface area is 161 Å². The number of allylic oxidation sites excluding steroid dienone is 1. The van der Waals surface area contributed by atoms with E-state index in [-0.39, 0.29) is 17.5 Å². The highest BCUT2D eigenvalue weighted by atomic mass is 79.9. The molecule has 1 N–H and O–H groups in total. The Hall–Kier alpha value is -1.91. The Kier molecular flexibility index (Phi) is 4.72. The minimum atomic E-state index is -0.172. The van der Waals surface area contributed by atoms with Gasteiger partial charge < -0.3 is 9.84 Å². The van der Waals surface area contributed by atoms with Gasteiger partial charge in [-0.1, -0.05) is 36.4 Å². The maximum atomic E-state index is 12.8. The average Bonchev–Trinajstić information content (AvgIpc) is 3.06. The molecule has 0 aromatic heterocycles. The first kappa shape index (κ1) is 17.5. The van der Waals surface area contributed by atoms with Gasteiger partial charge in [-0.05, 0) is 51.4 Å². The number of phenols is 1. The average molecular weight is 413 g/mol. The van der Waals surface area contributed by atoms with Crippen LogP contribution in [0.3, 0.4) is 0 Å². The third kappa shape index (κ3) is 3.12. The van der Waals surface area contributed by atoms with Gasteiger partial charge in [0, 0.05) is 23.5 Å². The van der Waals surface area contributed by atoms with Crippen LogP contribution in [0.4, 0.5) is 0 Å². The highest BCUT2D eigenvalue weighted by molar-refractivity contribution is 9.10. The largest absolute Gasteiger partial charge is 0.506 e. The Morgan fingerprint density at radius 1 is 1.27 bits per heavy atom. The summed E-state index contributed by atoms with van der Waals surface area (Å²) in [6.07, 6.45) is 2.35. The molecule has 2 fully saturated rings. The van der Waals surface area contributed by atoms with Crippen LogP contribution in [-0.2, 0) is 4.74 Å². The van der Waals surface area contributed by atoms with Crippen LogP contribution >= 0.6 is 15.9 Å². The van der Waals surface area contributed by atoms with Crippen LogP contribution < -0.4 is 0 Å². The molecule has 1 aliphatic heterocycles. The Morgan fingerprint density at radius 3 is 2.62 bits per heavy atom. The van der Waals surface area contributed by atoms with E-state index in [0.29, 0.717) is 39.8 Å². The number of hydrogen-bond acceptors (Lipinski definition) is 3.